The van der Waals surface area contributed by atoms with Gasteiger partial charge in [0.05, 0.1) is 17.1 Å². The lowest BCUT2D eigenvalue weighted by Gasteiger charge is -2.32. The summed E-state index contributed by atoms with van der Waals surface area (Å²) < 4.78 is 7.49. The summed E-state index contributed by atoms with van der Waals surface area (Å²) in [5.74, 6) is 1.51. The molecule has 1 atom stereocenters. The van der Waals surface area contributed by atoms with Crippen LogP contribution in [0.5, 0.6) is 0 Å². The number of fused-ring (bicyclic) bond motifs is 1. The lowest BCUT2D eigenvalue weighted by Crippen LogP contribution is -2.42. The summed E-state index contributed by atoms with van der Waals surface area (Å²) in [6.45, 7) is 3.58. The Hall–Kier alpha value is -4.08. The molecule has 184 valence electrons. The first-order valence-electron chi connectivity index (χ1n) is 12.3. The Morgan fingerprint density at radius 3 is 2.75 bits per heavy atom. The van der Waals surface area contributed by atoms with Crippen molar-refractivity contribution >= 4 is 28.5 Å². The van der Waals surface area contributed by atoms with E-state index < -0.39 is 0 Å². The predicted molar refractivity (Wildman–Crippen MR) is 132 cm³/mol. The van der Waals surface area contributed by atoms with E-state index in [2.05, 4.69) is 20.2 Å². The fraction of sp³-hybridized carbons (Fsp3) is 0.385. The van der Waals surface area contributed by atoms with Crippen LogP contribution in [0, 0.1) is 12.8 Å². The number of aromatic nitrogens is 5. The van der Waals surface area contributed by atoms with Gasteiger partial charge in [-0.1, -0.05) is 23.4 Å². The van der Waals surface area contributed by atoms with Crippen LogP contribution in [0.4, 0.5) is 5.82 Å². The van der Waals surface area contributed by atoms with Crippen molar-refractivity contribution in [2.45, 2.75) is 32.1 Å². The van der Waals surface area contributed by atoms with Gasteiger partial charge in [0.1, 0.15) is 5.82 Å². The average molecular weight is 486 g/mol. The van der Waals surface area contributed by atoms with Gasteiger partial charge >= 0.3 is 0 Å². The summed E-state index contributed by atoms with van der Waals surface area (Å²) in [4.78, 5) is 38.1. The van der Waals surface area contributed by atoms with Crippen molar-refractivity contribution in [2.75, 3.05) is 24.5 Å². The van der Waals surface area contributed by atoms with Gasteiger partial charge in [0.2, 0.25) is 23.5 Å². The molecular weight excluding hydrogens is 458 g/mol. The van der Waals surface area contributed by atoms with Crippen molar-refractivity contribution in [1.82, 2.24) is 29.8 Å². The number of hydrogen-bond donors (Lipinski definition) is 0. The summed E-state index contributed by atoms with van der Waals surface area (Å²) in [6.07, 6.45) is 3.38. The third-order valence-electron chi connectivity index (χ3n) is 7.29. The molecule has 10 nitrogen and oxygen atoms in total. The Kier molecular flexibility index (Phi) is 5.50. The number of pyridine rings is 1. The molecule has 2 saturated heterocycles. The van der Waals surface area contributed by atoms with E-state index in [4.69, 9.17) is 4.52 Å². The maximum absolute atomic E-state index is 13.2. The number of aryl methyl sites for hydroxylation is 2. The molecule has 0 N–H and O–H groups in total. The van der Waals surface area contributed by atoms with E-state index >= 15 is 0 Å². The van der Waals surface area contributed by atoms with Gasteiger partial charge in [-0.3, -0.25) is 19.2 Å². The summed E-state index contributed by atoms with van der Waals surface area (Å²) in [5, 5.41) is 9.80. The minimum atomic E-state index is -0.336. The van der Waals surface area contributed by atoms with Crippen LogP contribution in [0.25, 0.3) is 22.3 Å². The Morgan fingerprint density at radius 2 is 1.97 bits per heavy atom. The molecule has 0 spiro atoms. The first kappa shape index (κ1) is 22.4. The maximum Gasteiger partial charge on any atom is 0.230 e. The number of amides is 2. The predicted octanol–water partition coefficient (Wildman–Crippen LogP) is 3.09. The second-order valence-electron chi connectivity index (χ2n) is 9.59. The van der Waals surface area contributed by atoms with Gasteiger partial charge in [-0.2, -0.15) is 10.1 Å². The highest BCUT2D eigenvalue weighted by molar-refractivity contribution is 5.99. The van der Waals surface area contributed by atoms with Crippen LogP contribution in [0.3, 0.4) is 0 Å². The number of piperidine rings is 1. The van der Waals surface area contributed by atoms with Crippen molar-refractivity contribution in [3.63, 3.8) is 0 Å². The van der Waals surface area contributed by atoms with Gasteiger partial charge in [-0.05, 0) is 38.0 Å². The molecule has 10 heteroatoms. The molecule has 1 aromatic carbocycles. The average Bonchev–Trinajstić information content (AvgIpc) is 3.62. The van der Waals surface area contributed by atoms with Crippen molar-refractivity contribution < 1.29 is 14.1 Å². The second-order valence-corrected chi connectivity index (χ2v) is 9.59. The first-order chi connectivity index (χ1) is 17.5. The van der Waals surface area contributed by atoms with E-state index in [1.807, 2.05) is 53.9 Å². The normalized spacial score (nSPS) is 18.9. The number of nitrogens with zero attached hydrogens (tertiary/aromatic N) is 7. The zero-order chi connectivity index (χ0) is 24.8. The molecule has 0 aliphatic carbocycles. The van der Waals surface area contributed by atoms with Crippen LogP contribution >= 0.6 is 0 Å². The number of benzene rings is 1. The van der Waals surface area contributed by atoms with Crippen LogP contribution in [0.15, 0.2) is 47.1 Å². The molecule has 2 fully saturated rings. The van der Waals surface area contributed by atoms with E-state index in [1.54, 1.807) is 17.2 Å². The Labute approximate surface area is 207 Å². The quantitative estimate of drug-likeness (QED) is 0.437. The number of carbonyl (C=O) groups is 2. The number of anilines is 1. The minimum absolute atomic E-state index is 0.0335. The lowest BCUT2D eigenvalue weighted by molar-refractivity contribution is -0.136. The fourth-order valence-corrected chi connectivity index (χ4v) is 5.31. The van der Waals surface area contributed by atoms with Gasteiger partial charge in [0.15, 0.2) is 0 Å². The Bertz CT molecular complexity index is 1440. The molecule has 6 rings (SSSR count). The van der Waals surface area contributed by atoms with E-state index in [0.29, 0.717) is 37.2 Å². The molecule has 3 aromatic heterocycles. The summed E-state index contributed by atoms with van der Waals surface area (Å²) in [5.41, 5.74) is 2.90. The lowest BCUT2D eigenvalue weighted by atomic mass is 9.95. The maximum atomic E-state index is 13.2. The Balaban J connectivity index is 1.09. The second kappa shape index (κ2) is 8.85. The van der Waals surface area contributed by atoms with Gasteiger partial charge in [-0.15, -0.1) is 0 Å². The third-order valence-corrected chi connectivity index (χ3v) is 7.29. The van der Waals surface area contributed by atoms with Crippen LogP contribution in [-0.4, -0.2) is 61.3 Å². The van der Waals surface area contributed by atoms with Crippen LogP contribution < -0.4 is 4.90 Å². The highest BCUT2D eigenvalue weighted by Gasteiger charge is 2.39. The van der Waals surface area contributed by atoms with E-state index in [9.17, 15) is 9.59 Å². The SMILES string of the molecule is Cc1nn(C)c2cc(-c3noc(C4CCN(C(=O)C5CC(=O)N(c6ccccn6)C5)CC4)n3)ccc12. The standard InChI is InChI=1S/C26H27N7O3/c1-16-20-7-6-18(13-21(20)31(2)29-16)24-28-25(36-30-24)17-8-11-32(12-9-17)26(35)19-14-23(34)33(15-19)22-5-3-4-10-27-22/h3-7,10,13,17,19H,8-9,11-12,14-15H2,1-2H3. The van der Waals surface area contributed by atoms with Crippen LogP contribution in [0.2, 0.25) is 0 Å². The van der Waals surface area contributed by atoms with E-state index in [0.717, 1.165) is 35.0 Å². The van der Waals surface area contributed by atoms with Gasteiger partial charge < -0.3 is 9.42 Å². The smallest absolute Gasteiger partial charge is 0.230 e. The number of carbonyl (C=O) groups excluding carboxylic acids is 2. The van der Waals surface area contributed by atoms with Gasteiger partial charge in [-0.25, -0.2) is 4.98 Å². The fourth-order valence-electron chi connectivity index (χ4n) is 5.31. The van der Waals surface area contributed by atoms with Crippen molar-refractivity contribution in [2.24, 2.45) is 13.0 Å². The molecule has 4 aromatic rings. The number of likely N-dealkylation sites (tertiary alicyclic amines) is 1. The molecule has 5 heterocycles. The third kappa shape index (κ3) is 3.92. The summed E-state index contributed by atoms with van der Waals surface area (Å²) in [7, 11) is 1.92. The molecule has 0 saturated carbocycles. The minimum Gasteiger partial charge on any atom is -0.342 e. The molecule has 1 unspecified atom stereocenters. The largest absolute Gasteiger partial charge is 0.342 e. The van der Waals surface area contributed by atoms with Crippen molar-refractivity contribution in [3.05, 3.63) is 54.2 Å². The molecule has 36 heavy (non-hydrogen) atoms. The van der Waals surface area contributed by atoms with Crippen LogP contribution in [-0.2, 0) is 16.6 Å². The molecule has 0 radical (unpaired) electrons. The molecule has 0 bridgehead atoms. The van der Waals surface area contributed by atoms with Gasteiger partial charge in [0, 0.05) is 56.2 Å². The number of rotatable bonds is 4. The van der Waals surface area contributed by atoms with E-state index in [-0.39, 0.29) is 30.1 Å². The molecular formula is C26H27N7O3. The van der Waals surface area contributed by atoms with Crippen molar-refractivity contribution in [3.8, 4) is 11.4 Å². The van der Waals surface area contributed by atoms with Crippen molar-refractivity contribution in [1.29, 1.82) is 0 Å². The monoisotopic (exact) mass is 485 g/mol. The molecule has 2 aliphatic rings. The van der Waals surface area contributed by atoms with Gasteiger partial charge in [0.25, 0.3) is 0 Å². The molecule has 2 aliphatic heterocycles. The molecule has 2 amide bonds. The van der Waals surface area contributed by atoms with Crippen LogP contribution in [0.1, 0.15) is 36.8 Å². The summed E-state index contributed by atoms with van der Waals surface area (Å²) in [6, 6.07) is 11.5. The highest BCUT2D eigenvalue weighted by atomic mass is 16.5. The zero-order valence-electron chi connectivity index (χ0n) is 20.3. The highest BCUT2D eigenvalue weighted by Crippen LogP contribution is 2.32. The topological polar surface area (TPSA) is 110 Å². The van der Waals surface area contributed by atoms with E-state index in [1.165, 1.54) is 0 Å². The summed E-state index contributed by atoms with van der Waals surface area (Å²) >= 11 is 0. The Morgan fingerprint density at radius 1 is 1.14 bits per heavy atom. The number of hydrogen-bond acceptors (Lipinski definition) is 7. The zero-order valence-corrected chi connectivity index (χ0v) is 20.3. The first-order valence-corrected chi connectivity index (χ1v) is 12.3.